The third-order valence-electron chi connectivity index (χ3n) is 1.72. The molecule has 0 saturated carbocycles. The second-order valence-electron chi connectivity index (χ2n) is 2.89. The van der Waals surface area contributed by atoms with Gasteiger partial charge in [-0.2, -0.15) is 0 Å². The van der Waals surface area contributed by atoms with E-state index in [4.69, 9.17) is 0 Å². The van der Waals surface area contributed by atoms with Gasteiger partial charge in [-0.05, 0) is 40.5 Å². The van der Waals surface area contributed by atoms with Crippen molar-refractivity contribution >= 4 is 25.8 Å². The van der Waals surface area contributed by atoms with E-state index in [2.05, 4.69) is 15.9 Å². The molecule has 0 saturated heterocycles. The van der Waals surface area contributed by atoms with Crippen molar-refractivity contribution in [3.05, 3.63) is 28.5 Å². The van der Waals surface area contributed by atoms with E-state index in [0.717, 1.165) is 6.07 Å². The Morgan fingerprint density at radius 1 is 1.43 bits per heavy atom. The van der Waals surface area contributed by atoms with Crippen LogP contribution in [0.5, 0.6) is 0 Å². The lowest BCUT2D eigenvalue weighted by atomic mass is 10.3. The van der Waals surface area contributed by atoms with Crippen LogP contribution < -0.4 is 0 Å². The highest BCUT2D eigenvalue weighted by atomic mass is 79.9. The lowest BCUT2D eigenvalue weighted by molar-refractivity contribution is 0.593. The molecule has 14 heavy (non-hydrogen) atoms. The van der Waals surface area contributed by atoms with Crippen molar-refractivity contribution in [3.8, 4) is 0 Å². The highest BCUT2D eigenvalue weighted by Crippen LogP contribution is 2.21. The Labute approximate surface area is 91.2 Å². The summed E-state index contributed by atoms with van der Waals surface area (Å²) in [7, 11) is -3.25. The first-order chi connectivity index (χ1) is 6.47. The Kier molecular flexibility index (Phi) is 3.66. The van der Waals surface area contributed by atoms with Crippen LogP contribution in [0.3, 0.4) is 0 Å². The Bertz CT molecular complexity index is 428. The van der Waals surface area contributed by atoms with E-state index in [1.807, 2.05) is 0 Å². The van der Waals surface area contributed by atoms with E-state index in [9.17, 15) is 12.8 Å². The van der Waals surface area contributed by atoms with Crippen LogP contribution in [-0.4, -0.2) is 14.2 Å². The van der Waals surface area contributed by atoms with Crippen LogP contribution in [-0.2, 0) is 9.84 Å². The summed E-state index contributed by atoms with van der Waals surface area (Å²) in [6.07, 6.45) is 0.553. The fraction of sp³-hybridized carbons (Fsp3) is 0.333. The van der Waals surface area contributed by atoms with Crippen molar-refractivity contribution in [2.75, 3.05) is 5.75 Å². The van der Waals surface area contributed by atoms with Gasteiger partial charge in [0.1, 0.15) is 5.82 Å². The first-order valence-corrected chi connectivity index (χ1v) is 6.59. The van der Waals surface area contributed by atoms with Crippen LogP contribution in [0.1, 0.15) is 13.3 Å². The van der Waals surface area contributed by atoms with Crippen LogP contribution in [0.15, 0.2) is 27.6 Å². The average molecular weight is 281 g/mol. The smallest absolute Gasteiger partial charge is 0.178 e. The molecule has 1 aromatic rings. The van der Waals surface area contributed by atoms with Gasteiger partial charge in [-0.1, -0.05) is 6.92 Å². The molecular formula is C9H10BrFO2S. The minimum atomic E-state index is -3.25. The predicted molar refractivity (Wildman–Crippen MR) is 56.4 cm³/mol. The molecule has 0 bridgehead atoms. The molecule has 0 atom stereocenters. The Hall–Kier alpha value is -0.420. The van der Waals surface area contributed by atoms with Crippen LogP contribution >= 0.6 is 15.9 Å². The highest BCUT2D eigenvalue weighted by molar-refractivity contribution is 9.10. The van der Waals surface area contributed by atoms with Crippen molar-refractivity contribution in [1.82, 2.24) is 0 Å². The van der Waals surface area contributed by atoms with Crippen molar-refractivity contribution in [1.29, 1.82) is 0 Å². The quantitative estimate of drug-likeness (QED) is 0.798. The summed E-state index contributed by atoms with van der Waals surface area (Å²) in [5.41, 5.74) is 0. The number of hydrogen-bond acceptors (Lipinski definition) is 2. The van der Waals surface area contributed by atoms with E-state index < -0.39 is 15.7 Å². The third kappa shape index (κ3) is 2.54. The van der Waals surface area contributed by atoms with Crippen LogP contribution in [0.2, 0.25) is 0 Å². The monoisotopic (exact) mass is 280 g/mol. The zero-order valence-electron chi connectivity index (χ0n) is 7.63. The average Bonchev–Trinajstić information content (AvgIpc) is 2.09. The molecular weight excluding hydrogens is 271 g/mol. The largest absolute Gasteiger partial charge is 0.224 e. The van der Waals surface area contributed by atoms with Gasteiger partial charge >= 0.3 is 0 Å². The normalized spacial score (nSPS) is 11.6. The summed E-state index contributed by atoms with van der Waals surface area (Å²) in [6.45, 7) is 1.79. The van der Waals surface area contributed by atoms with E-state index in [1.165, 1.54) is 12.1 Å². The topological polar surface area (TPSA) is 34.1 Å². The van der Waals surface area contributed by atoms with Gasteiger partial charge in [0.15, 0.2) is 9.84 Å². The summed E-state index contributed by atoms with van der Waals surface area (Å²) in [6, 6.07) is 3.72. The summed E-state index contributed by atoms with van der Waals surface area (Å²) in [4.78, 5) is 0.160. The summed E-state index contributed by atoms with van der Waals surface area (Å²) in [5, 5.41) is 0. The van der Waals surface area contributed by atoms with Crippen molar-refractivity contribution in [3.63, 3.8) is 0 Å². The molecule has 5 heteroatoms. The van der Waals surface area contributed by atoms with E-state index in [0.29, 0.717) is 6.42 Å². The van der Waals surface area contributed by atoms with Crippen LogP contribution in [0.4, 0.5) is 4.39 Å². The van der Waals surface area contributed by atoms with Gasteiger partial charge in [-0.25, -0.2) is 12.8 Å². The van der Waals surface area contributed by atoms with Gasteiger partial charge in [0, 0.05) is 0 Å². The number of sulfone groups is 1. The van der Waals surface area contributed by atoms with E-state index in [-0.39, 0.29) is 15.1 Å². The van der Waals surface area contributed by atoms with Gasteiger partial charge in [0.05, 0.1) is 15.1 Å². The number of rotatable bonds is 3. The van der Waals surface area contributed by atoms with Crippen LogP contribution in [0.25, 0.3) is 0 Å². The Balaban J connectivity index is 3.15. The minimum absolute atomic E-state index is 0.0884. The maximum Gasteiger partial charge on any atom is 0.178 e. The van der Waals surface area contributed by atoms with Gasteiger partial charge in [0.2, 0.25) is 0 Å². The molecule has 0 aliphatic heterocycles. The zero-order chi connectivity index (χ0) is 10.8. The maximum atomic E-state index is 12.8. The molecule has 78 valence electrons. The summed E-state index contributed by atoms with van der Waals surface area (Å²) >= 11 is 2.95. The Morgan fingerprint density at radius 2 is 2.07 bits per heavy atom. The van der Waals surface area contributed by atoms with Gasteiger partial charge in [-0.15, -0.1) is 0 Å². The maximum absolute atomic E-state index is 12.8. The number of halogens is 2. The number of hydrogen-bond donors (Lipinski definition) is 0. The molecule has 0 aliphatic rings. The van der Waals surface area contributed by atoms with E-state index >= 15 is 0 Å². The number of benzene rings is 1. The van der Waals surface area contributed by atoms with Crippen molar-refractivity contribution in [2.24, 2.45) is 0 Å². The van der Waals surface area contributed by atoms with Crippen LogP contribution in [0, 0.1) is 5.82 Å². The lowest BCUT2D eigenvalue weighted by Gasteiger charge is -2.03. The molecule has 0 radical (unpaired) electrons. The molecule has 2 nitrogen and oxygen atoms in total. The fourth-order valence-electron chi connectivity index (χ4n) is 1.06. The zero-order valence-corrected chi connectivity index (χ0v) is 10.0. The standard InChI is InChI=1S/C9H10BrFO2S/c1-2-5-14(12,13)7-3-4-9(11)8(10)6-7/h3-4,6H,2,5H2,1H3. The van der Waals surface area contributed by atoms with Gasteiger partial charge < -0.3 is 0 Å². The molecule has 1 aromatic carbocycles. The van der Waals surface area contributed by atoms with Gasteiger partial charge in [-0.3, -0.25) is 0 Å². The molecule has 0 aliphatic carbocycles. The Morgan fingerprint density at radius 3 is 2.57 bits per heavy atom. The SMILES string of the molecule is CCCS(=O)(=O)c1ccc(F)c(Br)c1. The molecule has 0 amide bonds. The first-order valence-electron chi connectivity index (χ1n) is 4.15. The molecule has 0 heterocycles. The molecule has 0 aromatic heterocycles. The molecule has 1 rings (SSSR count). The molecule has 0 unspecified atom stereocenters. The predicted octanol–water partition coefficient (Wildman–Crippen LogP) is 2.77. The summed E-state index contributed by atoms with van der Waals surface area (Å²) in [5.74, 6) is -0.370. The highest BCUT2D eigenvalue weighted by Gasteiger charge is 2.14. The van der Waals surface area contributed by atoms with Crippen molar-refractivity contribution < 1.29 is 12.8 Å². The second-order valence-corrected chi connectivity index (χ2v) is 5.86. The minimum Gasteiger partial charge on any atom is -0.224 e. The van der Waals surface area contributed by atoms with Crippen molar-refractivity contribution in [2.45, 2.75) is 18.2 Å². The third-order valence-corrected chi connectivity index (χ3v) is 4.25. The fourth-order valence-corrected chi connectivity index (χ4v) is 2.93. The molecule has 0 N–H and O–H groups in total. The second kappa shape index (κ2) is 4.40. The van der Waals surface area contributed by atoms with E-state index in [1.54, 1.807) is 6.92 Å². The molecule has 0 spiro atoms. The van der Waals surface area contributed by atoms with Gasteiger partial charge in [0.25, 0.3) is 0 Å². The summed E-state index contributed by atoms with van der Waals surface area (Å²) < 4.78 is 36.1. The lowest BCUT2D eigenvalue weighted by Crippen LogP contribution is -2.05. The molecule has 0 fully saturated rings. The first kappa shape index (κ1) is 11.7.